The smallest absolute Gasteiger partial charge is 0.222 e. The highest BCUT2D eigenvalue weighted by Crippen LogP contribution is 2.35. The summed E-state index contributed by atoms with van der Waals surface area (Å²) >= 11 is 6.85. The minimum atomic E-state index is -3.60. The van der Waals surface area contributed by atoms with Crippen LogP contribution < -0.4 is 25.8 Å². The molecule has 0 saturated carbocycles. The minimum absolute atomic E-state index is 0.00993. The number of anilines is 4. The van der Waals surface area contributed by atoms with Gasteiger partial charge >= 0.3 is 0 Å². The monoisotopic (exact) mass is 1240 g/mol. The van der Waals surface area contributed by atoms with Crippen molar-refractivity contribution < 1.29 is 49.1 Å². The number of hydrogen-bond acceptors (Lipinski definition) is 18. The molecule has 20 nitrogen and oxygen atoms in total. The largest absolute Gasteiger partial charge is 0.378 e. The third-order valence-electron chi connectivity index (χ3n) is 14.1. The number of rotatable bonds is 14. The number of amides is 2. The van der Waals surface area contributed by atoms with Crippen LogP contribution >= 0.6 is 31.9 Å². The Balaban J connectivity index is 0.000000155. The van der Waals surface area contributed by atoms with Crippen LogP contribution in [-0.4, -0.2) is 191 Å². The second-order valence-electron chi connectivity index (χ2n) is 19.4. The second-order valence-corrected chi connectivity index (χ2v) is 27.9. The van der Waals surface area contributed by atoms with Crippen LogP contribution in [0, 0.1) is 0 Å². The lowest BCUT2D eigenvalue weighted by Crippen LogP contribution is -2.56. The Morgan fingerprint density at radius 3 is 1.25 bits per heavy atom. The number of nitrogens with zero attached hydrogens (tertiary/aromatic N) is 7. The number of carbonyl (C=O) groups is 2. The fourth-order valence-corrected chi connectivity index (χ4v) is 15.6. The standard InChI is InChI=1S/C21H27N5O4S.C17H23BrN2O4S.C13H17BrN2O3S/c1-2-3-20(27)26-13-19(14-26)31(28,29)18-9-15(16-11-23-21(22)24-12-16)8-17(10-18)25-4-6-30-7-5-25;1-2-3-17(21)20-11-16(12-20)25(22,23)15-9-13(18)8-14(10-15)19-4-6-24-7-5-19;14-10-5-11(16-1-3-19-4-2-16)7-12(6-10)20(17,18)13-8-15-9-13/h8-12,19H,2-7,13-14H2,1H3,(H2,22,23,24);8-10,16H,2-7,11-12H2,1H3;5-7,13,15H,1-4,8-9H2. The average molecular weight is 1240 g/mol. The lowest BCUT2D eigenvalue weighted by atomic mass is 10.1. The summed E-state index contributed by atoms with van der Waals surface area (Å²) in [7, 11) is -10.3. The van der Waals surface area contributed by atoms with Crippen molar-refractivity contribution in [2.45, 2.75) is 70.0 Å². The van der Waals surface area contributed by atoms with Crippen LogP contribution in [0.3, 0.4) is 0 Å². The highest BCUT2D eigenvalue weighted by molar-refractivity contribution is 9.10. The van der Waals surface area contributed by atoms with Gasteiger partial charge in [0.15, 0.2) is 29.5 Å². The molecule has 6 saturated heterocycles. The van der Waals surface area contributed by atoms with Crippen LogP contribution in [0.15, 0.2) is 90.6 Å². The summed E-state index contributed by atoms with van der Waals surface area (Å²) in [5, 5.41) is 1.61. The van der Waals surface area contributed by atoms with E-state index in [1.54, 1.807) is 58.6 Å². The van der Waals surface area contributed by atoms with Crippen molar-refractivity contribution in [2.75, 3.05) is 139 Å². The highest BCUT2D eigenvalue weighted by atomic mass is 79.9. The van der Waals surface area contributed by atoms with E-state index in [9.17, 15) is 34.8 Å². The lowest BCUT2D eigenvalue weighted by molar-refractivity contribution is -0.135. The topological polar surface area (TPSA) is 244 Å². The summed E-state index contributed by atoms with van der Waals surface area (Å²) in [4.78, 5) is 42.6. The summed E-state index contributed by atoms with van der Waals surface area (Å²) in [5.74, 6) is 0.208. The highest BCUT2D eigenvalue weighted by Gasteiger charge is 2.42. The van der Waals surface area contributed by atoms with Gasteiger partial charge in [-0.2, -0.15) is 0 Å². The van der Waals surface area contributed by atoms with Gasteiger partial charge in [-0.25, -0.2) is 35.2 Å². The van der Waals surface area contributed by atoms with E-state index >= 15 is 0 Å². The number of hydrogen-bond donors (Lipinski definition) is 2. The normalized spacial score (nSPS) is 18.8. The number of carbonyl (C=O) groups excluding carboxylic acids is 2. The molecule has 414 valence electrons. The number of nitrogens with two attached hydrogens (primary N) is 1. The number of aromatic nitrogens is 2. The molecule has 6 aliphatic heterocycles. The van der Waals surface area contributed by atoms with Gasteiger partial charge in [-0.15, -0.1) is 0 Å². The third kappa shape index (κ3) is 13.9. The van der Waals surface area contributed by atoms with Crippen LogP contribution in [0.4, 0.5) is 23.0 Å². The number of sulfone groups is 3. The van der Waals surface area contributed by atoms with Crippen LogP contribution in [0.2, 0.25) is 0 Å². The molecule has 25 heteroatoms. The predicted molar refractivity (Wildman–Crippen MR) is 298 cm³/mol. The Morgan fingerprint density at radius 1 is 0.539 bits per heavy atom. The zero-order chi connectivity index (χ0) is 54.2. The number of morpholine rings is 3. The van der Waals surface area contributed by atoms with Crippen molar-refractivity contribution in [3.05, 3.63) is 75.9 Å². The maximum absolute atomic E-state index is 13.4. The molecule has 76 heavy (non-hydrogen) atoms. The molecule has 0 spiro atoms. The van der Waals surface area contributed by atoms with E-state index in [0.717, 1.165) is 65.0 Å². The number of halogens is 2. The van der Waals surface area contributed by atoms with Crippen LogP contribution in [0.25, 0.3) is 11.1 Å². The van der Waals surface area contributed by atoms with Gasteiger partial charge in [0.25, 0.3) is 0 Å². The Labute approximate surface area is 463 Å². The number of benzene rings is 3. The van der Waals surface area contributed by atoms with Gasteiger partial charge < -0.3 is 49.8 Å². The summed E-state index contributed by atoms with van der Waals surface area (Å²) in [6.45, 7) is 14.3. The van der Waals surface area contributed by atoms with Crippen molar-refractivity contribution in [3.8, 4) is 11.1 Å². The summed E-state index contributed by atoms with van der Waals surface area (Å²) < 4.78 is 95.3. The first-order chi connectivity index (χ1) is 36.4. The van der Waals surface area contributed by atoms with E-state index < -0.39 is 40.0 Å². The number of nitrogens with one attached hydrogen (secondary N) is 1. The molecule has 6 fully saturated rings. The van der Waals surface area contributed by atoms with E-state index in [0.29, 0.717) is 113 Å². The lowest BCUT2D eigenvalue weighted by Gasteiger charge is -2.39. The fourth-order valence-electron chi connectivity index (χ4n) is 9.32. The first kappa shape index (κ1) is 57.7. The van der Waals surface area contributed by atoms with Crippen molar-refractivity contribution in [2.24, 2.45) is 0 Å². The molecule has 7 heterocycles. The van der Waals surface area contributed by atoms with Crippen LogP contribution in [-0.2, 0) is 53.3 Å². The van der Waals surface area contributed by atoms with Crippen molar-refractivity contribution >= 4 is 96.2 Å². The number of nitrogen functional groups attached to an aromatic ring is 1. The Kier molecular flexibility index (Phi) is 19.4. The second kappa shape index (κ2) is 25.5. The molecule has 6 aliphatic rings. The van der Waals surface area contributed by atoms with Gasteiger partial charge in [0, 0.05) is 135 Å². The van der Waals surface area contributed by atoms with E-state index in [-0.39, 0.29) is 41.0 Å². The Hall–Kier alpha value is -4.47. The van der Waals surface area contributed by atoms with Crippen molar-refractivity contribution in [3.63, 3.8) is 0 Å². The summed E-state index contributed by atoms with van der Waals surface area (Å²) in [6.07, 6.45) is 5.63. The summed E-state index contributed by atoms with van der Waals surface area (Å²) in [5.41, 5.74) is 9.64. The molecule has 10 rings (SSSR count). The molecule has 2 amide bonds. The maximum atomic E-state index is 13.4. The Morgan fingerprint density at radius 2 is 0.895 bits per heavy atom. The molecule has 0 bridgehead atoms. The molecule has 0 aliphatic carbocycles. The van der Waals surface area contributed by atoms with Gasteiger partial charge in [-0.1, -0.05) is 45.7 Å². The van der Waals surface area contributed by atoms with E-state index in [1.165, 1.54) is 0 Å². The molecule has 0 radical (unpaired) electrons. The molecular formula is C51H67Br2N9O11S3. The quantitative estimate of drug-likeness (QED) is 0.177. The molecule has 3 N–H and O–H groups in total. The maximum Gasteiger partial charge on any atom is 0.222 e. The predicted octanol–water partition coefficient (Wildman–Crippen LogP) is 4.45. The third-order valence-corrected chi connectivity index (χ3v) is 21.3. The molecule has 4 aromatic rings. The van der Waals surface area contributed by atoms with Crippen LogP contribution in [0.5, 0.6) is 0 Å². The van der Waals surface area contributed by atoms with Gasteiger partial charge in [0.2, 0.25) is 17.8 Å². The van der Waals surface area contributed by atoms with E-state index in [4.69, 9.17) is 19.9 Å². The zero-order valence-corrected chi connectivity index (χ0v) is 48.4. The SMILES string of the molecule is CCCC(=O)N1CC(S(=O)(=O)c2cc(-c3cnc(N)nc3)cc(N3CCOCC3)c2)C1.CCCC(=O)N1CC(S(=O)(=O)c2cc(Br)cc(N3CCOCC3)c2)C1.O=S(=O)(c1cc(Br)cc(N2CCOCC2)c1)C1CNC1. The first-order valence-electron chi connectivity index (χ1n) is 25.7. The van der Waals surface area contributed by atoms with E-state index in [1.807, 2.05) is 32.0 Å². The van der Waals surface area contributed by atoms with Crippen molar-refractivity contribution in [1.82, 2.24) is 25.1 Å². The van der Waals surface area contributed by atoms with Gasteiger partial charge in [-0.05, 0) is 73.0 Å². The molecular weight excluding hydrogens is 1170 g/mol. The zero-order valence-electron chi connectivity index (χ0n) is 42.8. The average Bonchev–Trinajstić information content (AvgIpc) is 3.36. The van der Waals surface area contributed by atoms with Gasteiger partial charge in [0.1, 0.15) is 10.5 Å². The Bertz CT molecular complexity index is 3020. The van der Waals surface area contributed by atoms with Gasteiger partial charge in [0.05, 0.1) is 59.6 Å². The molecule has 0 atom stereocenters. The number of ether oxygens (including phenoxy) is 3. The summed E-state index contributed by atoms with van der Waals surface area (Å²) in [6, 6.07) is 16.1. The first-order valence-corrected chi connectivity index (χ1v) is 31.9. The van der Waals surface area contributed by atoms with Crippen LogP contribution in [0.1, 0.15) is 39.5 Å². The molecule has 3 aromatic carbocycles. The minimum Gasteiger partial charge on any atom is -0.378 e. The molecule has 0 unspecified atom stereocenters. The fraction of sp³-hybridized carbons (Fsp3) is 0.529. The van der Waals surface area contributed by atoms with Crippen molar-refractivity contribution in [1.29, 1.82) is 0 Å². The van der Waals surface area contributed by atoms with Gasteiger partial charge in [-0.3, -0.25) is 9.59 Å². The molecule has 1 aromatic heterocycles. The number of likely N-dealkylation sites (tertiary alicyclic amines) is 2. The van der Waals surface area contributed by atoms with E-state index in [2.05, 4.69) is 61.8 Å².